The lowest BCUT2D eigenvalue weighted by Crippen LogP contribution is -2.31. The zero-order valence-electron chi connectivity index (χ0n) is 7.31. The molecule has 0 aromatic heterocycles. The predicted octanol–water partition coefficient (Wildman–Crippen LogP) is 1.84. The molecule has 1 rings (SSSR count). The summed E-state index contributed by atoms with van der Waals surface area (Å²) in [6, 6.07) is -0.817. The summed E-state index contributed by atoms with van der Waals surface area (Å²) in [5.41, 5.74) is 5.34. The predicted molar refractivity (Wildman–Crippen MR) is 42.2 cm³/mol. The van der Waals surface area contributed by atoms with E-state index in [1.165, 1.54) is 0 Å². The Morgan fingerprint density at radius 2 is 2.15 bits per heavy atom. The number of hydrogen-bond acceptors (Lipinski definition) is 2. The van der Waals surface area contributed by atoms with Gasteiger partial charge in [0.15, 0.2) is 0 Å². The van der Waals surface area contributed by atoms with Crippen molar-refractivity contribution in [3.05, 3.63) is 0 Å². The Kier molecular flexibility index (Phi) is 3.55. The van der Waals surface area contributed by atoms with Gasteiger partial charge >= 0.3 is 6.18 Å². The second kappa shape index (κ2) is 4.28. The van der Waals surface area contributed by atoms with Gasteiger partial charge in [0, 0.05) is 12.6 Å². The van der Waals surface area contributed by atoms with E-state index in [1.807, 2.05) is 0 Å². The van der Waals surface area contributed by atoms with Crippen LogP contribution in [0.4, 0.5) is 13.2 Å². The lowest BCUT2D eigenvalue weighted by Gasteiger charge is -2.17. The van der Waals surface area contributed by atoms with Crippen LogP contribution in [0.3, 0.4) is 0 Å². The van der Waals surface area contributed by atoms with Crippen molar-refractivity contribution in [1.82, 2.24) is 0 Å². The minimum atomic E-state index is -4.15. The molecule has 0 aliphatic carbocycles. The molecule has 0 amide bonds. The molecule has 78 valence electrons. The summed E-state index contributed by atoms with van der Waals surface area (Å²) in [7, 11) is 0. The molecule has 0 aromatic carbocycles. The van der Waals surface area contributed by atoms with Crippen molar-refractivity contribution in [3.63, 3.8) is 0 Å². The summed E-state index contributed by atoms with van der Waals surface area (Å²) < 4.78 is 40.8. The average molecular weight is 197 g/mol. The average Bonchev–Trinajstić information content (AvgIpc) is 2.34. The molecule has 2 unspecified atom stereocenters. The van der Waals surface area contributed by atoms with Gasteiger partial charge < -0.3 is 10.5 Å². The number of alkyl halides is 3. The fourth-order valence-corrected chi connectivity index (χ4v) is 1.55. The Hall–Kier alpha value is -0.290. The molecule has 1 saturated heterocycles. The maximum atomic E-state index is 11.9. The molecule has 2 N–H and O–H groups in total. The van der Waals surface area contributed by atoms with Crippen LogP contribution in [0.15, 0.2) is 0 Å². The fraction of sp³-hybridized carbons (Fsp3) is 1.00. The number of nitrogens with two attached hydrogens (primary N) is 1. The summed E-state index contributed by atoms with van der Waals surface area (Å²) in [5, 5.41) is 0. The van der Waals surface area contributed by atoms with Crippen LogP contribution in [0, 0.1) is 0 Å². The maximum absolute atomic E-state index is 11.9. The summed E-state index contributed by atoms with van der Waals surface area (Å²) in [6.45, 7) is 0.656. The van der Waals surface area contributed by atoms with Crippen LogP contribution in [0.5, 0.6) is 0 Å². The summed E-state index contributed by atoms with van der Waals surface area (Å²) in [4.78, 5) is 0. The van der Waals surface area contributed by atoms with Gasteiger partial charge in [0.25, 0.3) is 0 Å². The Morgan fingerprint density at radius 1 is 1.46 bits per heavy atom. The van der Waals surface area contributed by atoms with E-state index in [0.29, 0.717) is 13.0 Å². The second-order valence-electron chi connectivity index (χ2n) is 3.45. The SMILES string of the molecule is NC(CC1CCCO1)CC(F)(F)F. The van der Waals surface area contributed by atoms with Gasteiger partial charge in [0.1, 0.15) is 0 Å². The van der Waals surface area contributed by atoms with E-state index in [4.69, 9.17) is 10.5 Å². The highest BCUT2D eigenvalue weighted by atomic mass is 19.4. The van der Waals surface area contributed by atoms with Crippen LogP contribution in [0.1, 0.15) is 25.7 Å². The normalized spacial score (nSPS) is 26.3. The van der Waals surface area contributed by atoms with Crippen LogP contribution in [-0.4, -0.2) is 24.9 Å². The van der Waals surface area contributed by atoms with Gasteiger partial charge in [0.05, 0.1) is 12.5 Å². The molecule has 0 radical (unpaired) electrons. The quantitative estimate of drug-likeness (QED) is 0.749. The molecular formula is C8H14F3NO. The molecule has 0 saturated carbocycles. The van der Waals surface area contributed by atoms with E-state index in [2.05, 4.69) is 0 Å². The number of ether oxygens (including phenoxy) is 1. The summed E-state index contributed by atoms with van der Waals surface area (Å²) in [6.07, 6.45) is -3.03. The Morgan fingerprint density at radius 3 is 2.62 bits per heavy atom. The smallest absolute Gasteiger partial charge is 0.378 e. The molecule has 2 nitrogen and oxygen atoms in total. The van der Waals surface area contributed by atoms with Gasteiger partial charge in [-0.25, -0.2) is 0 Å². The first-order valence-corrected chi connectivity index (χ1v) is 4.41. The standard InChI is InChI=1S/C8H14F3NO/c9-8(10,11)5-6(12)4-7-2-1-3-13-7/h6-7H,1-5,12H2. The van der Waals surface area contributed by atoms with E-state index >= 15 is 0 Å². The van der Waals surface area contributed by atoms with E-state index in [0.717, 1.165) is 12.8 Å². The number of rotatable bonds is 3. The molecule has 5 heteroatoms. The molecule has 1 fully saturated rings. The molecule has 2 atom stereocenters. The largest absolute Gasteiger partial charge is 0.390 e. The van der Waals surface area contributed by atoms with Crippen molar-refractivity contribution in [2.24, 2.45) is 5.73 Å². The highest BCUT2D eigenvalue weighted by Gasteiger charge is 2.31. The highest BCUT2D eigenvalue weighted by Crippen LogP contribution is 2.24. The minimum Gasteiger partial charge on any atom is -0.378 e. The zero-order valence-corrected chi connectivity index (χ0v) is 7.31. The highest BCUT2D eigenvalue weighted by molar-refractivity contribution is 4.74. The second-order valence-corrected chi connectivity index (χ2v) is 3.45. The van der Waals surface area contributed by atoms with Crippen molar-refractivity contribution >= 4 is 0 Å². The van der Waals surface area contributed by atoms with Gasteiger partial charge in [-0.1, -0.05) is 0 Å². The molecule has 13 heavy (non-hydrogen) atoms. The molecule has 1 aliphatic heterocycles. The maximum Gasteiger partial charge on any atom is 0.390 e. The molecule has 0 aromatic rings. The lowest BCUT2D eigenvalue weighted by molar-refractivity contribution is -0.139. The summed E-state index contributed by atoms with van der Waals surface area (Å²) >= 11 is 0. The minimum absolute atomic E-state index is 0.0580. The van der Waals surface area contributed by atoms with E-state index in [-0.39, 0.29) is 6.10 Å². The van der Waals surface area contributed by atoms with Gasteiger partial charge in [-0.05, 0) is 19.3 Å². The van der Waals surface area contributed by atoms with Crippen LogP contribution < -0.4 is 5.73 Å². The molecule has 0 spiro atoms. The summed E-state index contributed by atoms with van der Waals surface area (Å²) in [5.74, 6) is 0. The van der Waals surface area contributed by atoms with Crippen LogP contribution in [0.2, 0.25) is 0 Å². The third-order valence-electron chi connectivity index (χ3n) is 2.08. The van der Waals surface area contributed by atoms with Gasteiger partial charge in [-0.2, -0.15) is 13.2 Å². The number of hydrogen-bond donors (Lipinski definition) is 1. The Balaban J connectivity index is 2.20. The Bertz CT molecular complexity index is 154. The van der Waals surface area contributed by atoms with Crippen molar-refractivity contribution in [2.45, 2.75) is 44.0 Å². The topological polar surface area (TPSA) is 35.2 Å². The first-order valence-electron chi connectivity index (χ1n) is 4.41. The third-order valence-corrected chi connectivity index (χ3v) is 2.08. The van der Waals surface area contributed by atoms with E-state index in [1.54, 1.807) is 0 Å². The molecular weight excluding hydrogens is 183 g/mol. The Labute approximate surface area is 75.2 Å². The van der Waals surface area contributed by atoms with Crippen LogP contribution >= 0.6 is 0 Å². The van der Waals surface area contributed by atoms with Gasteiger partial charge in [-0.3, -0.25) is 0 Å². The monoisotopic (exact) mass is 197 g/mol. The van der Waals surface area contributed by atoms with Crippen molar-refractivity contribution < 1.29 is 17.9 Å². The molecule has 1 aliphatic rings. The van der Waals surface area contributed by atoms with Crippen molar-refractivity contribution in [1.29, 1.82) is 0 Å². The van der Waals surface area contributed by atoms with E-state index < -0.39 is 18.6 Å². The first-order chi connectivity index (χ1) is 5.97. The van der Waals surface area contributed by atoms with E-state index in [9.17, 15) is 13.2 Å². The van der Waals surface area contributed by atoms with Crippen molar-refractivity contribution in [2.75, 3.05) is 6.61 Å². The van der Waals surface area contributed by atoms with Crippen LogP contribution in [0.25, 0.3) is 0 Å². The first kappa shape index (κ1) is 10.8. The fourth-order valence-electron chi connectivity index (χ4n) is 1.55. The lowest BCUT2D eigenvalue weighted by atomic mass is 10.0. The zero-order chi connectivity index (χ0) is 9.90. The third kappa shape index (κ3) is 4.47. The molecule has 1 heterocycles. The number of halogens is 3. The van der Waals surface area contributed by atoms with Crippen LogP contribution in [-0.2, 0) is 4.74 Å². The van der Waals surface area contributed by atoms with Gasteiger partial charge in [-0.15, -0.1) is 0 Å². The van der Waals surface area contributed by atoms with Gasteiger partial charge in [0.2, 0.25) is 0 Å². The van der Waals surface area contributed by atoms with Crippen molar-refractivity contribution in [3.8, 4) is 0 Å². The molecule has 0 bridgehead atoms.